The summed E-state index contributed by atoms with van der Waals surface area (Å²) in [5.41, 5.74) is 1.07. The summed E-state index contributed by atoms with van der Waals surface area (Å²) in [6, 6.07) is 4.84. The summed E-state index contributed by atoms with van der Waals surface area (Å²) in [5, 5.41) is 17.8. The van der Waals surface area contributed by atoms with Gasteiger partial charge in [-0.3, -0.25) is 0 Å². The van der Waals surface area contributed by atoms with Crippen molar-refractivity contribution in [1.29, 1.82) is 5.26 Å². The zero-order chi connectivity index (χ0) is 11.5. The SMILES string of the molecule is N#Cc1cc(N2CCC[C@H]2C(=O)O)ccn1. The predicted octanol–water partition coefficient (Wildman–Crippen LogP) is 1.01. The van der Waals surface area contributed by atoms with Crippen molar-refractivity contribution in [3.05, 3.63) is 24.0 Å². The summed E-state index contributed by atoms with van der Waals surface area (Å²) in [5.74, 6) is -0.812. The molecule has 1 N–H and O–H groups in total. The van der Waals surface area contributed by atoms with E-state index in [0.29, 0.717) is 18.7 Å². The van der Waals surface area contributed by atoms with E-state index in [-0.39, 0.29) is 0 Å². The number of hydrogen-bond acceptors (Lipinski definition) is 4. The zero-order valence-corrected chi connectivity index (χ0v) is 8.63. The summed E-state index contributed by atoms with van der Waals surface area (Å²) in [4.78, 5) is 16.7. The van der Waals surface area contributed by atoms with E-state index in [9.17, 15) is 4.79 Å². The van der Waals surface area contributed by atoms with Crippen LogP contribution in [0.4, 0.5) is 5.69 Å². The van der Waals surface area contributed by atoms with Crippen LogP contribution in [0.5, 0.6) is 0 Å². The Morgan fingerprint density at radius 1 is 1.69 bits per heavy atom. The van der Waals surface area contributed by atoms with Gasteiger partial charge in [0.05, 0.1) is 0 Å². The maximum absolute atomic E-state index is 11.0. The van der Waals surface area contributed by atoms with E-state index >= 15 is 0 Å². The van der Waals surface area contributed by atoms with Crippen LogP contribution in [0.25, 0.3) is 0 Å². The number of nitriles is 1. The van der Waals surface area contributed by atoms with Crippen molar-refractivity contribution in [2.45, 2.75) is 18.9 Å². The van der Waals surface area contributed by atoms with Crippen LogP contribution in [0.2, 0.25) is 0 Å². The van der Waals surface area contributed by atoms with Gasteiger partial charge in [-0.25, -0.2) is 9.78 Å². The highest BCUT2D eigenvalue weighted by Crippen LogP contribution is 2.25. The average molecular weight is 217 g/mol. The first-order valence-corrected chi connectivity index (χ1v) is 5.08. The number of hydrogen-bond donors (Lipinski definition) is 1. The number of carboxylic acids is 1. The van der Waals surface area contributed by atoms with Crippen molar-refractivity contribution in [2.24, 2.45) is 0 Å². The summed E-state index contributed by atoms with van der Waals surface area (Å²) in [6.45, 7) is 0.714. The Morgan fingerprint density at radius 3 is 3.19 bits per heavy atom. The van der Waals surface area contributed by atoms with Crippen molar-refractivity contribution in [2.75, 3.05) is 11.4 Å². The lowest BCUT2D eigenvalue weighted by molar-refractivity contribution is -0.138. The second-order valence-corrected chi connectivity index (χ2v) is 3.70. The van der Waals surface area contributed by atoms with Gasteiger partial charge in [0.1, 0.15) is 17.8 Å². The fraction of sp³-hybridized carbons (Fsp3) is 0.364. The first-order chi connectivity index (χ1) is 7.72. The Bertz CT molecular complexity index is 453. The van der Waals surface area contributed by atoms with Crippen LogP contribution in [-0.4, -0.2) is 28.6 Å². The molecule has 2 rings (SSSR count). The van der Waals surface area contributed by atoms with E-state index < -0.39 is 12.0 Å². The fourth-order valence-electron chi connectivity index (χ4n) is 1.99. The molecular weight excluding hydrogens is 206 g/mol. The quantitative estimate of drug-likeness (QED) is 0.799. The van der Waals surface area contributed by atoms with Crippen molar-refractivity contribution < 1.29 is 9.90 Å². The van der Waals surface area contributed by atoms with Crippen molar-refractivity contribution in [3.63, 3.8) is 0 Å². The normalized spacial score (nSPS) is 19.4. The molecule has 1 fully saturated rings. The summed E-state index contributed by atoms with van der Waals surface area (Å²) in [6.07, 6.45) is 3.05. The molecule has 0 saturated carbocycles. The number of aromatic nitrogens is 1. The minimum absolute atomic E-state index is 0.313. The second-order valence-electron chi connectivity index (χ2n) is 3.70. The summed E-state index contributed by atoms with van der Waals surface area (Å²) < 4.78 is 0. The van der Waals surface area contributed by atoms with E-state index in [1.54, 1.807) is 12.1 Å². The largest absolute Gasteiger partial charge is 0.480 e. The van der Waals surface area contributed by atoms with Crippen LogP contribution in [0.3, 0.4) is 0 Å². The highest BCUT2D eigenvalue weighted by Gasteiger charge is 2.30. The topological polar surface area (TPSA) is 77.2 Å². The molecule has 5 heteroatoms. The Labute approximate surface area is 92.9 Å². The van der Waals surface area contributed by atoms with Crippen molar-refractivity contribution in [3.8, 4) is 6.07 Å². The molecule has 2 heterocycles. The van der Waals surface area contributed by atoms with E-state index in [0.717, 1.165) is 12.1 Å². The maximum atomic E-state index is 11.0. The number of carboxylic acid groups (broad SMARTS) is 1. The van der Waals surface area contributed by atoms with E-state index in [1.807, 2.05) is 11.0 Å². The summed E-state index contributed by atoms with van der Waals surface area (Å²) in [7, 11) is 0. The molecule has 0 spiro atoms. The number of carbonyl (C=O) groups is 1. The van der Waals surface area contributed by atoms with E-state index in [4.69, 9.17) is 10.4 Å². The van der Waals surface area contributed by atoms with Gasteiger partial charge in [0, 0.05) is 18.4 Å². The number of pyridine rings is 1. The third kappa shape index (κ3) is 1.82. The van der Waals surface area contributed by atoms with Crippen LogP contribution in [0.1, 0.15) is 18.5 Å². The van der Waals surface area contributed by atoms with Crippen LogP contribution >= 0.6 is 0 Å². The molecule has 0 aromatic carbocycles. The van der Waals surface area contributed by atoms with Gasteiger partial charge in [0.2, 0.25) is 0 Å². The molecule has 1 aromatic rings. The standard InChI is InChI=1S/C11H11N3O2/c12-7-8-6-9(3-4-13-8)14-5-1-2-10(14)11(15)16/h3-4,6,10H,1-2,5H2,(H,15,16)/t10-/m0/s1. The van der Waals surface area contributed by atoms with Gasteiger partial charge >= 0.3 is 5.97 Å². The minimum Gasteiger partial charge on any atom is -0.480 e. The lowest BCUT2D eigenvalue weighted by Gasteiger charge is -2.23. The van der Waals surface area contributed by atoms with Crippen molar-refractivity contribution in [1.82, 2.24) is 4.98 Å². The Morgan fingerprint density at radius 2 is 2.50 bits per heavy atom. The molecule has 16 heavy (non-hydrogen) atoms. The van der Waals surface area contributed by atoms with Crippen LogP contribution in [0, 0.1) is 11.3 Å². The molecule has 1 atom stereocenters. The molecule has 1 saturated heterocycles. The molecule has 5 nitrogen and oxygen atoms in total. The van der Waals surface area contributed by atoms with Crippen LogP contribution in [0.15, 0.2) is 18.3 Å². The molecule has 0 aliphatic carbocycles. The average Bonchev–Trinajstić information content (AvgIpc) is 2.78. The lowest BCUT2D eigenvalue weighted by Crippen LogP contribution is -2.35. The highest BCUT2D eigenvalue weighted by atomic mass is 16.4. The third-order valence-electron chi connectivity index (χ3n) is 2.73. The zero-order valence-electron chi connectivity index (χ0n) is 8.63. The highest BCUT2D eigenvalue weighted by molar-refractivity contribution is 5.79. The number of anilines is 1. The molecular formula is C11H11N3O2. The molecule has 1 aliphatic heterocycles. The van der Waals surface area contributed by atoms with Crippen molar-refractivity contribution >= 4 is 11.7 Å². The second kappa shape index (κ2) is 4.19. The van der Waals surface area contributed by atoms with Crippen LogP contribution < -0.4 is 4.90 Å². The first-order valence-electron chi connectivity index (χ1n) is 5.08. The Hall–Kier alpha value is -2.09. The molecule has 0 unspecified atom stereocenters. The van der Waals surface area contributed by atoms with Gasteiger partial charge in [-0.05, 0) is 25.0 Å². The molecule has 1 aliphatic rings. The lowest BCUT2D eigenvalue weighted by atomic mass is 10.2. The van der Waals surface area contributed by atoms with Gasteiger partial charge in [-0.15, -0.1) is 0 Å². The number of aliphatic carboxylic acids is 1. The monoisotopic (exact) mass is 217 g/mol. The molecule has 82 valence electrons. The van der Waals surface area contributed by atoms with Crippen LogP contribution in [-0.2, 0) is 4.79 Å². The number of rotatable bonds is 2. The van der Waals surface area contributed by atoms with Gasteiger partial charge in [0.15, 0.2) is 0 Å². The fourth-order valence-corrected chi connectivity index (χ4v) is 1.99. The maximum Gasteiger partial charge on any atom is 0.326 e. The summed E-state index contributed by atoms with van der Waals surface area (Å²) >= 11 is 0. The van der Waals surface area contributed by atoms with Gasteiger partial charge < -0.3 is 10.0 Å². The number of nitrogens with zero attached hydrogens (tertiary/aromatic N) is 3. The minimum atomic E-state index is -0.812. The Balaban J connectivity index is 2.29. The van der Waals surface area contributed by atoms with E-state index in [1.165, 1.54) is 6.20 Å². The predicted molar refractivity (Wildman–Crippen MR) is 57.0 cm³/mol. The molecule has 0 bridgehead atoms. The van der Waals surface area contributed by atoms with Gasteiger partial charge in [-0.1, -0.05) is 0 Å². The molecule has 1 aromatic heterocycles. The first kappa shape index (κ1) is 10.4. The molecule has 0 radical (unpaired) electrons. The Kier molecular flexibility index (Phi) is 2.73. The van der Waals surface area contributed by atoms with E-state index in [2.05, 4.69) is 4.98 Å². The van der Waals surface area contributed by atoms with Gasteiger partial charge in [0.25, 0.3) is 0 Å². The third-order valence-corrected chi connectivity index (χ3v) is 2.73. The van der Waals surface area contributed by atoms with Gasteiger partial charge in [-0.2, -0.15) is 5.26 Å². The smallest absolute Gasteiger partial charge is 0.326 e. The molecule has 0 amide bonds.